The number of alkyl carbamates (subject to hydrolysis) is 1. The molecule has 0 unspecified atom stereocenters. The first-order valence-electron chi connectivity index (χ1n) is 9.99. The van der Waals surface area contributed by atoms with Gasteiger partial charge in [-0.3, -0.25) is 4.79 Å². The molecule has 0 atom stereocenters. The van der Waals surface area contributed by atoms with Gasteiger partial charge in [-0.2, -0.15) is 0 Å². The number of piperidine rings is 1. The minimum Gasteiger partial charge on any atom is -0.493 e. The number of unbranched alkanes of at least 4 members (excludes halogenated alkanes) is 1. The number of nitrogens with zero attached hydrogens (tertiary/aromatic N) is 1. The van der Waals surface area contributed by atoms with Crippen LogP contribution in [-0.4, -0.2) is 56.9 Å². The molecule has 0 spiro atoms. The van der Waals surface area contributed by atoms with Crippen LogP contribution in [0.25, 0.3) is 0 Å². The largest absolute Gasteiger partial charge is 0.493 e. The molecule has 156 valence electrons. The summed E-state index contributed by atoms with van der Waals surface area (Å²) in [5, 5.41) is 2.89. The Labute approximate surface area is 167 Å². The highest BCUT2D eigenvalue weighted by Crippen LogP contribution is 2.28. The minimum absolute atomic E-state index is 0.0732. The van der Waals surface area contributed by atoms with E-state index in [4.69, 9.17) is 14.2 Å². The number of benzene rings is 1. The molecule has 1 N–H and O–H groups in total. The smallest absolute Gasteiger partial charge is 0.407 e. The predicted octanol–water partition coefficient (Wildman–Crippen LogP) is 3.15. The van der Waals surface area contributed by atoms with E-state index in [0.29, 0.717) is 44.0 Å². The quantitative estimate of drug-likeness (QED) is 0.653. The standard InChI is InChI=1S/C21H32N2O5/c1-4-5-14-28-21(25)22-17-10-12-23(13-11-17)20(24)9-7-16-6-8-18(26-2)19(15-16)27-3/h6,8,15,17H,4-5,7,9-14H2,1-3H3,(H,22,25). The van der Waals surface area contributed by atoms with Crippen molar-refractivity contribution in [3.05, 3.63) is 23.8 Å². The van der Waals surface area contributed by atoms with Crippen molar-refractivity contribution in [2.45, 2.75) is 51.5 Å². The highest BCUT2D eigenvalue weighted by molar-refractivity contribution is 5.76. The summed E-state index contributed by atoms with van der Waals surface area (Å²) in [4.78, 5) is 26.1. The molecule has 0 aromatic heterocycles. The fraction of sp³-hybridized carbons (Fsp3) is 0.619. The van der Waals surface area contributed by atoms with Crippen molar-refractivity contribution in [3.8, 4) is 11.5 Å². The Balaban J connectivity index is 1.73. The number of nitrogens with one attached hydrogen (secondary N) is 1. The monoisotopic (exact) mass is 392 g/mol. The highest BCUT2D eigenvalue weighted by atomic mass is 16.5. The Hall–Kier alpha value is -2.44. The molecule has 0 radical (unpaired) electrons. The molecule has 2 rings (SSSR count). The number of carbonyl (C=O) groups is 2. The van der Waals surface area contributed by atoms with E-state index in [1.165, 1.54) is 0 Å². The van der Waals surface area contributed by atoms with Crippen molar-refractivity contribution in [1.82, 2.24) is 10.2 Å². The maximum absolute atomic E-state index is 12.5. The zero-order valence-electron chi connectivity index (χ0n) is 17.2. The lowest BCUT2D eigenvalue weighted by Gasteiger charge is -2.32. The van der Waals surface area contributed by atoms with Gasteiger partial charge in [-0.25, -0.2) is 4.79 Å². The molecule has 0 saturated carbocycles. The Bertz CT molecular complexity index is 642. The third kappa shape index (κ3) is 6.62. The van der Waals surface area contributed by atoms with Crippen LogP contribution >= 0.6 is 0 Å². The van der Waals surface area contributed by atoms with Crippen LogP contribution in [-0.2, 0) is 16.0 Å². The maximum Gasteiger partial charge on any atom is 0.407 e. The van der Waals surface area contributed by atoms with E-state index in [2.05, 4.69) is 12.2 Å². The van der Waals surface area contributed by atoms with Crippen LogP contribution in [0, 0.1) is 0 Å². The van der Waals surface area contributed by atoms with Gasteiger partial charge in [-0.05, 0) is 43.4 Å². The average molecular weight is 392 g/mol. The van der Waals surface area contributed by atoms with E-state index in [9.17, 15) is 9.59 Å². The number of hydrogen-bond donors (Lipinski definition) is 1. The van der Waals surface area contributed by atoms with Crippen LogP contribution in [0.15, 0.2) is 18.2 Å². The number of ether oxygens (including phenoxy) is 3. The lowest BCUT2D eigenvalue weighted by atomic mass is 10.0. The van der Waals surface area contributed by atoms with Gasteiger partial charge in [0.2, 0.25) is 5.91 Å². The lowest BCUT2D eigenvalue weighted by molar-refractivity contribution is -0.132. The van der Waals surface area contributed by atoms with Crippen LogP contribution in [0.4, 0.5) is 4.79 Å². The molecule has 0 aliphatic carbocycles. The molecule has 1 saturated heterocycles. The van der Waals surface area contributed by atoms with Gasteiger partial charge in [-0.15, -0.1) is 0 Å². The van der Waals surface area contributed by atoms with Crippen molar-refractivity contribution in [1.29, 1.82) is 0 Å². The van der Waals surface area contributed by atoms with E-state index < -0.39 is 0 Å². The number of carbonyl (C=O) groups excluding carboxylic acids is 2. The number of methoxy groups -OCH3 is 2. The molecule has 1 aromatic rings. The molecule has 1 heterocycles. The summed E-state index contributed by atoms with van der Waals surface area (Å²) in [6, 6.07) is 5.79. The van der Waals surface area contributed by atoms with Crippen molar-refractivity contribution >= 4 is 12.0 Å². The maximum atomic E-state index is 12.5. The normalized spacial score (nSPS) is 14.5. The van der Waals surface area contributed by atoms with Gasteiger partial charge >= 0.3 is 6.09 Å². The van der Waals surface area contributed by atoms with Crippen LogP contribution < -0.4 is 14.8 Å². The van der Waals surface area contributed by atoms with E-state index in [1.54, 1.807) is 14.2 Å². The van der Waals surface area contributed by atoms with Crippen LogP contribution in [0.3, 0.4) is 0 Å². The first kappa shape index (κ1) is 21.9. The fourth-order valence-electron chi connectivity index (χ4n) is 3.24. The third-order valence-corrected chi connectivity index (χ3v) is 4.98. The SMILES string of the molecule is CCCCOC(=O)NC1CCN(C(=O)CCc2ccc(OC)c(OC)c2)CC1. The molecule has 2 amide bonds. The third-order valence-electron chi connectivity index (χ3n) is 4.98. The molecule has 0 bridgehead atoms. The second-order valence-corrected chi connectivity index (χ2v) is 6.98. The number of amides is 2. The van der Waals surface area contributed by atoms with E-state index in [1.807, 2.05) is 23.1 Å². The van der Waals surface area contributed by atoms with Gasteiger partial charge in [0.15, 0.2) is 11.5 Å². The summed E-state index contributed by atoms with van der Waals surface area (Å²) < 4.78 is 15.7. The first-order valence-corrected chi connectivity index (χ1v) is 9.99. The Morgan fingerprint density at radius 3 is 2.50 bits per heavy atom. The molecule has 1 aliphatic heterocycles. The van der Waals surface area contributed by atoms with Gasteiger partial charge in [0.25, 0.3) is 0 Å². The summed E-state index contributed by atoms with van der Waals surface area (Å²) in [5.74, 6) is 1.49. The van der Waals surface area contributed by atoms with Crippen molar-refractivity contribution in [2.24, 2.45) is 0 Å². The van der Waals surface area contributed by atoms with Crippen molar-refractivity contribution < 1.29 is 23.8 Å². The topological polar surface area (TPSA) is 77.1 Å². The molecule has 28 heavy (non-hydrogen) atoms. The highest BCUT2D eigenvalue weighted by Gasteiger charge is 2.24. The molecular weight excluding hydrogens is 360 g/mol. The summed E-state index contributed by atoms with van der Waals surface area (Å²) in [5.41, 5.74) is 1.04. The fourth-order valence-corrected chi connectivity index (χ4v) is 3.24. The number of aryl methyl sites for hydroxylation is 1. The van der Waals surface area contributed by atoms with Gasteiger partial charge in [0.1, 0.15) is 0 Å². The summed E-state index contributed by atoms with van der Waals surface area (Å²) >= 11 is 0. The van der Waals surface area contributed by atoms with Crippen LogP contribution in [0.2, 0.25) is 0 Å². The van der Waals surface area contributed by atoms with Gasteiger partial charge in [0.05, 0.1) is 20.8 Å². The number of rotatable bonds is 9. The molecule has 7 nitrogen and oxygen atoms in total. The Morgan fingerprint density at radius 2 is 1.86 bits per heavy atom. The van der Waals surface area contributed by atoms with Crippen LogP contribution in [0.5, 0.6) is 11.5 Å². The Kier molecular flexibility index (Phi) is 8.91. The van der Waals surface area contributed by atoms with E-state index in [-0.39, 0.29) is 18.0 Å². The van der Waals surface area contributed by atoms with E-state index in [0.717, 1.165) is 31.2 Å². The second kappa shape index (κ2) is 11.4. The van der Waals surface area contributed by atoms with E-state index >= 15 is 0 Å². The number of hydrogen-bond acceptors (Lipinski definition) is 5. The van der Waals surface area contributed by atoms with Crippen molar-refractivity contribution in [2.75, 3.05) is 33.9 Å². The predicted molar refractivity (Wildman–Crippen MR) is 107 cm³/mol. The van der Waals surface area contributed by atoms with Crippen molar-refractivity contribution in [3.63, 3.8) is 0 Å². The van der Waals surface area contributed by atoms with Gasteiger partial charge in [-0.1, -0.05) is 19.4 Å². The minimum atomic E-state index is -0.355. The summed E-state index contributed by atoms with van der Waals surface area (Å²) in [6.45, 7) is 3.82. The van der Waals surface area contributed by atoms with Gasteiger partial charge in [0, 0.05) is 25.6 Å². The summed E-state index contributed by atoms with van der Waals surface area (Å²) in [6.07, 6.45) is 4.13. The molecule has 1 aliphatic rings. The first-order chi connectivity index (χ1) is 13.6. The molecular formula is C21H32N2O5. The molecule has 7 heteroatoms. The van der Waals surface area contributed by atoms with Gasteiger partial charge < -0.3 is 24.4 Å². The average Bonchev–Trinajstić information content (AvgIpc) is 2.72. The second-order valence-electron chi connectivity index (χ2n) is 6.98. The lowest BCUT2D eigenvalue weighted by Crippen LogP contribution is -2.46. The zero-order chi connectivity index (χ0) is 20.4. The molecule has 1 fully saturated rings. The Morgan fingerprint density at radius 1 is 1.14 bits per heavy atom. The zero-order valence-corrected chi connectivity index (χ0v) is 17.2. The number of likely N-dealkylation sites (tertiary alicyclic amines) is 1. The summed E-state index contributed by atoms with van der Waals surface area (Å²) in [7, 11) is 3.20. The van der Waals surface area contributed by atoms with Crippen LogP contribution in [0.1, 0.15) is 44.6 Å². The molecule has 1 aromatic carbocycles.